The number of nitrogens with one attached hydrogen (secondary N) is 1. The SMILES string of the molecule is CC(NC(=O)COC(=O)c1cc([N+](=O)[O-])cnc1N)c1ccc(Cl)cc1. The van der Waals surface area contributed by atoms with Crippen molar-refractivity contribution in [3.63, 3.8) is 0 Å². The van der Waals surface area contributed by atoms with Crippen molar-refractivity contribution < 1.29 is 19.2 Å². The van der Waals surface area contributed by atoms with Gasteiger partial charge in [-0.05, 0) is 24.6 Å². The Morgan fingerprint density at radius 1 is 1.38 bits per heavy atom. The number of carbonyl (C=O) groups is 2. The van der Waals surface area contributed by atoms with Crippen LogP contribution in [-0.4, -0.2) is 28.4 Å². The number of anilines is 1. The molecule has 9 nitrogen and oxygen atoms in total. The van der Waals surface area contributed by atoms with E-state index in [1.54, 1.807) is 31.2 Å². The zero-order chi connectivity index (χ0) is 19.3. The van der Waals surface area contributed by atoms with Gasteiger partial charge in [0.1, 0.15) is 17.6 Å². The fraction of sp³-hybridized carbons (Fsp3) is 0.188. The second kappa shape index (κ2) is 8.26. The van der Waals surface area contributed by atoms with Crippen LogP contribution in [0, 0.1) is 10.1 Å². The number of nitro groups is 1. The summed E-state index contributed by atoms with van der Waals surface area (Å²) in [5, 5.41) is 14.0. The predicted octanol–water partition coefficient (Wildman–Crippen LogP) is 2.26. The number of nitrogen functional groups attached to an aromatic ring is 1. The standard InChI is InChI=1S/C16H15ClN4O5/c1-9(10-2-4-11(17)5-3-10)20-14(22)8-26-16(23)13-6-12(21(24)25)7-19-15(13)18/h2-7,9H,8H2,1H3,(H2,18,19)(H,20,22). The largest absolute Gasteiger partial charge is 0.452 e. The lowest BCUT2D eigenvalue weighted by molar-refractivity contribution is -0.385. The highest BCUT2D eigenvalue weighted by Crippen LogP contribution is 2.18. The van der Waals surface area contributed by atoms with E-state index in [1.165, 1.54) is 0 Å². The van der Waals surface area contributed by atoms with Crippen molar-refractivity contribution in [3.8, 4) is 0 Å². The predicted molar refractivity (Wildman–Crippen MR) is 93.6 cm³/mol. The number of carbonyl (C=O) groups excluding carboxylic acids is 2. The smallest absolute Gasteiger partial charge is 0.342 e. The molecule has 1 aromatic carbocycles. The molecular weight excluding hydrogens is 364 g/mol. The molecule has 0 fully saturated rings. The molecule has 26 heavy (non-hydrogen) atoms. The molecule has 0 spiro atoms. The average molecular weight is 379 g/mol. The second-order valence-corrected chi connectivity index (χ2v) is 5.74. The summed E-state index contributed by atoms with van der Waals surface area (Å²) in [7, 11) is 0. The number of benzene rings is 1. The Morgan fingerprint density at radius 2 is 2.04 bits per heavy atom. The van der Waals surface area contributed by atoms with Gasteiger partial charge in [0, 0.05) is 11.1 Å². The molecule has 2 aromatic rings. The lowest BCUT2D eigenvalue weighted by Gasteiger charge is -2.14. The van der Waals surface area contributed by atoms with Gasteiger partial charge in [-0.3, -0.25) is 14.9 Å². The molecule has 0 bridgehead atoms. The minimum atomic E-state index is -0.979. The molecule has 1 heterocycles. The third-order valence-electron chi connectivity index (χ3n) is 3.42. The molecule has 0 aliphatic carbocycles. The first kappa shape index (κ1) is 19.1. The molecule has 2 rings (SSSR count). The Kier molecular flexibility index (Phi) is 6.07. The highest BCUT2D eigenvalue weighted by molar-refractivity contribution is 6.30. The van der Waals surface area contributed by atoms with Crippen LogP contribution in [0.1, 0.15) is 28.9 Å². The molecule has 0 saturated heterocycles. The fourth-order valence-electron chi connectivity index (χ4n) is 2.05. The van der Waals surface area contributed by atoms with E-state index in [0.717, 1.165) is 17.8 Å². The molecule has 10 heteroatoms. The monoisotopic (exact) mass is 378 g/mol. The summed E-state index contributed by atoms with van der Waals surface area (Å²) in [6.45, 7) is 1.18. The average Bonchev–Trinajstić information content (AvgIpc) is 2.60. The van der Waals surface area contributed by atoms with E-state index in [2.05, 4.69) is 10.3 Å². The van der Waals surface area contributed by atoms with E-state index >= 15 is 0 Å². The van der Waals surface area contributed by atoms with Gasteiger partial charge in [0.15, 0.2) is 6.61 Å². The van der Waals surface area contributed by atoms with Crippen LogP contribution < -0.4 is 11.1 Å². The summed E-state index contributed by atoms with van der Waals surface area (Å²) in [6, 6.07) is 7.51. The fourth-order valence-corrected chi connectivity index (χ4v) is 2.18. The number of amides is 1. The first-order valence-corrected chi connectivity index (χ1v) is 7.77. The first-order valence-electron chi connectivity index (χ1n) is 7.39. The molecule has 1 amide bonds. The van der Waals surface area contributed by atoms with Gasteiger partial charge in [-0.25, -0.2) is 9.78 Å². The van der Waals surface area contributed by atoms with Gasteiger partial charge in [-0.1, -0.05) is 23.7 Å². The molecule has 0 aliphatic heterocycles. The van der Waals surface area contributed by atoms with E-state index in [1.807, 2.05) is 0 Å². The van der Waals surface area contributed by atoms with E-state index in [9.17, 15) is 19.7 Å². The maximum absolute atomic E-state index is 12.0. The normalized spacial score (nSPS) is 11.5. The van der Waals surface area contributed by atoms with Gasteiger partial charge in [0.05, 0.1) is 11.0 Å². The van der Waals surface area contributed by atoms with Crippen LogP contribution in [0.15, 0.2) is 36.5 Å². The van der Waals surface area contributed by atoms with E-state index in [4.69, 9.17) is 22.1 Å². The number of nitrogens with zero attached hydrogens (tertiary/aromatic N) is 2. The Morgan fingerprint density at radius 3 is 2.65 bits per heavy atom. The zero-order valence-corrected chi connectivity index (χ0v) is 14.4. The van der Waals surface area contributed by atoms with E-state index in [-0.39, 0.29) is 17.4 Å². The van der Waals surface area contributed by atoms with Crippen molar-refractivity contribution >= 4 is 35.0 Å². The van der Waals surface area contributed by atoms with Crippen molar-refractivity contribution in [2.75, 3.05) is 12.3 Å². The summed E-state index contributed by atoms with van der Waals surface area (Å²) in [4.78, 5) is 37.5. The Hall–Kier alpha value is -3.20. The van der Waals surface area contributed by atoms with Gasteiger partial charge in [-0.2, -0.15) is 0 Å². The molecule has 1 aromatic heterocycles. The molecule has 1 unspecified atom stereocenters. The quantitative estimate of drug-likeness (QED) is 0.446. The summed E-state index contributed by atoms with van der Waals surface area (Å²) < 4.78 is 4.85. The number of rotatable bonds is 6. The Labute approximate surface area is 153 Å². The highest BCUT2D eigenvalue weighted by atomic mass is 35.5. The molecule has 0 saturated carbocycles. The molecule has 0 radical (unpaired) electrons. The minimum Gasteiger partial charge on any atom is -0.452 e. The maximum atomic E-state index is 12.0. The van der Waals surface area contributed by atoms with Crippen LogP contribution in [0.25, 0.3) is 0 Å². The topological polar surface area (TPSA) is 137 Å². The minimum absolute atomic E-state index is 0.226. The molecule has 1 atom stereocenters. The number of ether oxygens (including phenoxy) is 1. The van der Waals surface area contributed by atoms with Crippen molar-refractivity contribution in [3.05, 3.63) is 62.8 Å². The molecular formula is C16H15ClN4O5. The van der Waals surface area contributed by atoms with Gasteiger partial charge in [0.25, 0.3) is 11.6 Å². The third-order valence-corrected chi connectivity index (χ3v) is 3.67. The van der Waals surface area contributed by atoms with Gasteiger partial charge < -0.3 is 15.8 Å². The summed E-state index contributed by atoms with van der Waals surface area (Å²) in [5.41, 5.74) is 5.65. The van der Waals surface area contributed by atoms with Crippen molar-refractivity contribution in [1.29, 1.82) is 0 Å². The molecule has 3 N–H and O–H groups in total. The number of pyridine rings is 1. The van der Waals surface area contributed by atoms with Crippen LogP contribution in [0.2, 0.25) is 5.02 Å². The number of halogens is 1. The zero-order valence-electron chi connectivity index (χ0n) is 13.6. The Balaban J connectivity index is 1.94. The summed E-state index contributed by atoms with van der Waals surface area (Å²) in [6.07, 6.45) is 0.923. The van der Waals surface area contributed by atoms with Crippen molar-refractivity contribution in [2.24, 2.45) is 0 Å². The highest BCUT2D eigenvalue weighted by Gasteiger charge is 2.19. The second-order valence-electron chi connectivity index (χ2n) is 5.30. The number of hydrogen-bond donors (Lipinski definition) is 2. The first-order chi connectivity index (χ1) is 12.3. The van der Waals surface area contributed by atoms with Gasteiger partial charge >= 0.3 is 5.97 Å². The summed E-state index contributed by atoms with van der Waals surface area (Å²) >= 11 is 5.81. The molecule has 136 valence electrons. The summed E-state index contributed by atoms with van der Waals surface area (Å²) in [5.74, 6) is -1.75. The number of esters is 1. The van der Waals surface area contributed by atoms with Crippen LogP contribution in [0.3, 0.4) is 0 Å². The van der Waals surface area contributed by atoms with E-state index < -0.39 is 29.1 Å². The number of nitrogens with two attached hydrogens (primary N) is 1. The maximum Gasteiger partial charge on any atom is 0.342 e. The third kappa shape index (κ3) is 4.90. The number of hydrogen-bond acceptors (Lipinski definition) is 7. The lowest BCUT2D eigenvalue weighted by Crippen LogP contribution is -2.31. The van der Waals surface area contributed by atoms with Crippen LogP contribution in [-0.2, 0) is 9.53 Å². The molecule has 0 aliphatic rings. The van der Waals surface area contributed by atoms with Crippen molar-refractivity contribution in [2.45, 2.75) is 13.0 Å². The van der Waals surface area contributed by atoms with Crippen LogP contribution in [0.4, 0.5) is 11.5 Å². The van der Waals surface area contributed by atoms with Crippen LogP contribution in [0.5, 0.6) is 0 Å². The van der Waals surface area contributed by atoms with Crippen molar-refractivity contribution in [1.82, 2.24) is 10.3 Å². The van der Waals surface area contributed by atoms with Gasteiger partial charge in [-0.15, -0.1) is 0 Å². The number of aromatic nitrogens is 1. The van der Waals surface area contributed by atoms with Crippen LogP contribution >= 0.6 is 11.6 Å². The Bertz CT molecular complexity index is 841. The lowest BCUT2D eigenvalue weighted by atomic mass is 10.1. The van der Waals surface area contributed by atoms with E-state index in [0.29, 0.717) is 5.02 Å². The van der Waals surface area contributed by atoms with Gasteiger partial charge in [0.2, 0.25) is 0 Å².